The van der Waals surface area contributed by atoms with E-state index in [1.807, 2.05) is 11.0 Å². The molecule has 1 aliphatic carbocycles. The molecule has 2 aromatic rings. The molecule has 2 amide bonds. The molecule has 1 saturated carbocycles. The van der Waals surface area contributed by atoms with Crippen molar-refractivity contribution in [2.75, 3.05) is 36.4 Å². The maximum absolute atomic E-state index is 13.3. The molecule has 2 aromatic carbocycles. The van der Waals surface area contributed by atoms with E-state index in [4.69, 9.17) is 0 Å². The van der Waals surface area contributed by atoms with Crippen LogP contribution in [-0.4, -0.2) is 42.9 Å². The zero-order valence-corrected chi connectivity index (χ0v) is 16.2. The van der Waals surface area contributed by atoms with Crippen LogP contribution in [0.25, 0.3) is 0 Å². The minimum atomic E-state index is -1.02. The van der Waals surface area contributed by atoms with Crippen LogP contribution in [0.15, 0.2) is 42.5 Å². The van der Waals surface area contributed by atoms with Crippen LogP contribution in [0.1, 0.15) is 12.0 Å². The van der Waals surface area contributed by atoms with Crippen LogP contribution in [0.5, 0.6) is 0 Å². The first kappa shape index (κ1) is 19.4. The normalized spacial score (nSPS) is 21.1. The van der Waals surface area contributed by atoms with Gasteiger partial charge in [-0.1, -0.05) is 12.1 Å². The highest BCUT2D eigenvalue weighted by Crippen LogP contribution is 2.41. The molecule has 1 aliphatic heterocycles. The van der Waals surface area contributed by atoms with Gasteiger partial charge < -0.3 is 15.1 Å². The lowest BCUT2D eigenvalue weighted by Gasteiger charge is -2.36. The van der Waals surface area contributed by atoms with Crippen LogP contribution in [0.2, 0.25) is 0 Å². The maximum Gasteiger partial charge on any atom is 0.228 e. The van der Waals surface area contributed by atoms with Crippen molar-refractivity contribution < 1.29 is 18.4 Å². The zero-order chi connectivity index (χ0) is 20.5. The Morgan fingerprint density at radius 2 is 1.72 bits per heavy atom. The molecule has 0 spiro atoms. The molecule has 2 aliphatic rings. The summed E-state index contributed by atoms with van der Waals surface area (Å²) in [5, 5.41) is 2.57. The van der Waals surface area contributed by atoms with E-state index in [9.17, 15) is 18.4 Å². The summed E-state index contributed by atoms with van der Waals surface area (Å²) in [4.78, 5) is 29.2. The Morgan fingerprint density at radius 3 is 2.41 bits per heavy atom. The molecule has 152 valence electrons. The van der Waals surface area contributed by atoms with Gasteiger partial charge in [0.2, 0.25) is 11.8 Å². The Kier molecular flexibility index (Phi) is 5.22. The highest BCUT2D eigenvalue weighted by atomic mass is 19.2. The summed E-state index contributed by atoms with van der Waals surface area (Å²) in [6.45, 7) is 4.82. The fraction of sp³-hybridized carbons (Fsp3) is 0.364. The molecule has 0 bridgehead atoms. The number of nitrogens with zero attached hydrogens (tertiary/aromatic N) is 2. The van der Waals surface area contributed by atoms with Gasteiger partial charge in [0.15, 0.2) is 11.6 Å². The van der Waals surface area contributed by atoms with E-state index in [0.29, 0.717) is 19.5 Å². The number of carbonyl (C=O) groups excluding carboxylic acids is 2. The van der Waals surface area contributed by atoms with Crippen molar-refractivity contribution in [1.82, 2.24) is 4.90 Å². The lowest BCUT2D eigenvalue weighted by Crippen LogP contribution is -2.49. The van der Waals surface area contributed by atoms with Crippen molar-refractivity contribution >= 4 is 23.2 Å². The van der Waals surface area contributed by atoms with Crippen LogP contribution in [-0.2, 0) is 9.59 Å². The SMILES string of the molecule is Cc1cccc(N2CCN(C(=O)C3CC3C(=O)Nc3ccc(F)c(F)c3)CC2)c1. The van der Waals surface area contributed by atoms with Crippen molar-refractivity contribution in [1.29, 1.82) is 0 Å². The van der Waals surface area contributed by atoms with Gasteiger partial charge in [0.1, 0.15) is 0 Å². The number of anilines is 2. The number of nitrogens with one attached hydrogen (secondary N) is 1. The van der Waals surface area contributed by atoms with E-state index in [1.165, 1.54) is 11.6 Å². The molecule has 2 fully saturated rings. The summed E-state index contributed by atoms with van der Waals surface area (Å²) < 4.78 is 26.3. The minimum Gasteiger partial charge on any atom is -0.368 e. The molecule has 29 heavy (non-hydrogen) atoms. The molecular weight excluding hydrogens is 376 g/mol. The number of piperazine rings is 1. The first-order chi connectivity index (χ1) is 13.9. The third kappa shape index (κ3) is 4.23. The summed E-state index contributed by atoms with van der Waals surface area (Å²) in [5.74, 6) is -3.05. The van der Waals surface area contributed by atoms with Gasteiger partial charge in [-0.05, 0) is 43.2 Å². The van der Waals surface area contributed by atoms with Gasteiger partial charge in [-0.3, -0.25) is 9.59 Å². The summed E-state index contributed by atoms with van der Waals surface area (Å²) >= 11 is 0. The molecule has 4 rings (SSSR count). The van der Waals surface area contributed by atoms with Crippen molar-refractivity contribution in [3.63, 3.8) is 0 Å². The van der Waals surface area contributed by atoms with E-state index in [-0.39, 0.29) is 23.4 Å². The van der Waals surface area contributed by atoms with Gasteiger partial charge in [0.25, 0.3) is 0 Å². The lowest BCUT2D eigenvalue weighted by molar-refractivity contribution is -0.134. The monoisotopic (exact) mass is 399 g/mol. The Bertz CT molecular complexity index is 941. The highest BCUT2D eigenvalue weighted by Gasteiger charge is 2.49. The molecule has 0 radical (unpaired) electrons. The number of hydrogen-bond acceptors (Lipinski definition) is 3. The average molecular weight is 399 g/mol. The van der Waals surface area contributed by atoms with Gasteiger partial charge in [-0.2, -0.15) is 0 Å². The fourth-order valence-electron chi connectivity index (χ4n) is 3.81. The van der Waals surface area contributed by atoms with Gasteiger partial charge in [-0.15, -0.1) is 0 Å². The van der Waals surface area contributed by atoms with Crippen LogP contribution >= 0.6 is 0 Å². The first-order valence-electron chi connectivity index (χ1n) is 9.78. The molecule has 1 saturated heterocycles. The molecule has 5 nitrogen and oxygen atoms in total. The molecule has 2 unspecified atom stereocenters. The van der Waals surface area contributed by atoms with Crippen molar-refractivity contribution in [3.05, 3.63) is 59.7 Å². The van der Waals surface area contributed by atoms with Crippen LogP contribution in [0.3, 0.4) is 0 Å². The van der Waals surface area contributed by atoms with E-state index in [0.717, 1.165) is 30.9 Å². The topological polar surface area (TPSA) is 52.7 Å². The summed E-state index contributed by atoms with van der Waals surface area (Å²) in [7, 11) is 0. The first-order valence-corrected chi connectivity index (χ1v) is 9.78. The van der Waals surface area contributed by atoms with Crippen molar-refractivity contribution in [2.24, 2.45) is 11.8 Å². The van der Waals surface area contributed by atoms with E-state index >= 15 is 0 Å². The standard InChI is InChI=1S/C22H23F2N3O2/c1-14-3-2-4-16(11-14)26-7-9-27(10-8-26)22(29)18-13-17(18)21(28)25-15-5-6-19(23)20(24)12-15/h2-6,11-12,17-18H,7-10,13H2,1H3,(H,25,28). The quantitative estimate of drug-likeness (QED) is 0.859. The van der Waals surface area contributed by atoms with Gasteiger partial charge >= 0.3 is 0 Å². The molecule has 1 heterocycles. The number of halogens is 2. The second-order valence-corrected chi connectivity index (χ2v) is 7.72. The summed E-state index contributed by atoms with van der Waals surface area (Å²) in [6.07, 6.45) is 0.492. The third-order valence-corrected chi connectivity index (χ3v) is 5.59. The number of carbonyl (C=O) groups is 2. The number of amides is 2. The third-order valence-electron chi connectivity index (χ3n) is 5.59. The second-order valence-electron chi connectivity index (χ2n) is 7.72. The Hall–Kier alpha value is -2.96. The fourth-order valence-corrected chi connectivity index (χ4v) is 3.81. The molecule has 1 N–H and O–H groups in total. The minimum absolute atomic E-state index is 0.000621. The summed E-state index contributed by atoms with van der Waals surface area (Å²) in [6, 6.07) is 11.5. The predicted molar refractivity (Wildman–Crippen MR) is 107 cm³/mol. The summed E-state index contributed by atoms with van der Waals surface area (Å²) in [5.41, 5.74) is 2.56. The molecule has 0 aromatic heterocycles. The van der Waals surface area contributed by atoms with Gasteiger partial charge in [-0.25, -0.2) is 8.78 Å². The van der Waals surface area contributed by atoms with Gasteiger partial charge in [0.05, 0.1) is 11.8 Å². The predicted octanol–water partition coefficient (Wildman–Crippen LogP) is 3.20. The number of aryl methyl sites for hydroxylation is 1. The Labute approximate surface area is 168 Å². The number of hydrogen-bond donors (Lipinski definition) is 1. The van der Waals surface area contributed by atoms with E-state index < -0.39 is 17.6 Å². The highest BCUT2D eigenvalue weighted by molar-refractivity contribution is 5.99. The van der Waals surface area contributed by atoms with Crippen LogP contribution < -0.4 is 10.2 Å². The smallest absolute Gasteiger partial charge is 0.228 e. The number of rotatable bonds is 4. The van der Waals surface area contributed by atoms with Crippen LogP contribution in [0.4, 0.5) is 20.2 Å². The van der Waals surface area contributed by atoms with Gasteiger partial charge in [0, 0.05) is 43.6 Å². The Morgan fingerprint density at radius 1 is 0.966 bits per heavy atom. The molecular formula is C22H23F2N3O2. The maximum atomic E-state index is 13.3. The van der Waals surface area contributed by atoms with E-state index in [1.54, 1.807) is 0 Å². The van der Waals surface area contributed by atoms with Crippen molar-refractivity contribution in [2.45, 2.75) is 13.3 Å². The second kappa shape index (κ2) is 7.81. The zero-order valence-electron chi connectivity index (χ0n) is 16.2. The van der Waals surface area contributed by atoms with Crippen LogP contribution in [0, 0.1) is 30.4 Å². The largest absolute Gasteiger partial charge is 0.368 e. The average Bonchev–Trinajstić information content (AvgIpc) is 3.51. The van der Waals surface area contributed by atoms with E-state index in [2.05, 4.69) is 35.3 Å². The number of benzene rings is 2. The molecule has 2 atom stereocenters. The molecule has 7 heteroatoms. The lowest BCUT2D eigenvalue weighted by atomic mass is 10.2. The Balaban J connectivity index is 1.29. The van der Waals surface area contributed by atoms with Crippen molar-refractivity contribution in [3.8, 4) is 0 Å².